The van der Waals surface area contributed by atoms with E-state index in [2.05, 4.69) is 4.98 Å². The van der Waals surface area contributed by atoms with Crippen LogP contribution in [0.3, 0.4) is 0 Å². The van der Waals surface area contributed by atoms with Gasteiger partial charge in [0.2, 0.25) is 0 Å². The number of benzene rings is 1. The number of aromatic nitrogens is 1. The monoisotopic (exact) mass is 186 g/mol. The minimum absolute atomic E-state index is 0.433. The van der Waals surface area contributed by atoms with Crippen molar-refractivity contribution in [3.8, 4) is 0 Å². The molecule has 1 heterocycles. The highest BCUT2D eigenvalue weighted by molar-refractivity contribution is 6.04. The summed E-state index contributed by atoms with van der Waals surface area (Å²) in [6.07, 6.45) is 1.66. The second kappa shape index (κ2) is 3.10. The first-order valence-electron chi connectivity index (χ1n) is 4.33. The van der Waals surface area contributed by atoms with Gasteiger partial charge in [-0.3, -0.25) is 9.78 Å². The molecule has 0 bridgehead atoms. The van der Waals surface area contributed by atoms with Crippen LogP contribution < -0.4 is 5.73 Å². The fourth-order valence-electron chi connectivity index (χ4n) is 1.53. The Kier molecular flexibility index (Phi) is 1.93. The van der Waals surface area contributed by atoms with Crippen LogP contribution in [-0.2, 0) is 0 Å². The molecule has 0 aliphatic heterocycles. The molecule has 0 spiro atoms. The molecule has 1 aromatic heterocycles. The third-order valence-electron chi connectivity index (χ3n) is 2.11. The summed E-state index contributed by atoms with van der Waals surface area (Å²) in [6.45, 7) is 1.93. The lowest BCUT2D eigenvalue weighted by Gasteiger charge is -2.03. The fraction of sp³-hybridized carbons (Fsp3) is 0.0909. The maximum atomic E-state index is 11.1. The summed E-state index contributed by atoms with van der Waals surface area (Å²) < 4.78 is 0. The largest absolute Gasteiger partial charge is 0.366 e. The normalized spacial score (nSPS) is 10.4. The van der Waals surface area contributed by atoms with Crippen molar-refractivity contribution in [2.45, 2.75) is 6.92 Å². The zero-order valence-electron chi connectivity index (χ0n) is 7.82. The number of fused-ring (bicyclic) bond motifs is 1. The molecule has 3 heteroatoms. The van der Waals surface area contributed by atoms with Crippen molar-refractivity contribution in [3.05, 3.63) is 41.6 Å². The van der Waals surface area contributed by atoms with Crippen LogP contribution in [0, 0.1) is 6.92 Å². The smallest absolute Gasteiger partial charge is 0.250 e. The van der Waals surface area contributed by atoms with Gasteiger partial charge in [-0.1, -0.05) is 6.07 Å². The maximum Gasteiger partial charge on any atom is 0.250 e. The molecule has 0 unspecified atom stereocenters. The van der Waals surface area contributed by atoms with E-state index in [9.17, 15) is 4.79 Å². The highest BCUT2D eigenvalue weighted by atomic mass is 16.1. The van der Waals surface area contributed by atoms with Gasteiger partial charge in [0.1, 0.15) is 0 Å². The van der Waals surface area contributed by atoms with Crippen LogP contribution in [0.1, 0.15) is 15.9 Å². The molecule has 0 aliphatic rings. The molecule has 2 N–H and O–H groups in total. The van der Waals surface area contributed by atoms with Crippen LogP contribution in [0.5, 0.6) is 0 Å². The van der Waals surface area contributed by atoms with E-state index in [1.165, 1.54) is 0 Å². The van der Waals surface area contributed by atoms with Gasteiger partial charge in [-0.15, -0.1) is 0 Å². The van der Waals surface area contributed by atoms with Crippen molar-refractivity contribution in [1.29, 1.82) is 0 Å². The summed E-state index contributed by atoms with van der Waals surface area (Å²) in [5.41, 5.74) is 7.44. The van der Waals surface area contributed by atoms with E-state index in [4.69, 9.17) is 5.73 Å². The number of rotatable bonds is 1. The predicted molar refractivity (Wildman–Crippen MR) is 55.0 cm³/mol. The van der Waals surface area contributed by atoms with Crippen LogP contribution in [0.4, 0.5) is 0 Å². The molecule has 1 amide bonds. The summed E-state index contributed by atoms with van der Waals surface area (Å²) in [5.74, 6) is -0.433. The molecular formula is C11H10N2O. The molecular weight excluding hydrogens is 176 g/mol. The molecule has 14 heavy (non-hydrogen) atoms. The van der Waals surface area contributed by atoms with Gasteiger partial charge in [-0.25, -0.2) is 0 Å². The lowest BCUT2D eigenvalue weighted by atomic mass is 10.1. The summed E-state index contributed by atoms with van der Waals surface area (Å²) in [5, 5.41) is 0.946. The molecule has 0 atom stereocenters. The van der Waals surface area contributed by atoms with E-state index in [-0.39, 0.29) is 0 Å². The molecule has 2 aromatic rings. The van der Waals surface area contributed by atoms with Crippen LogP contribution in [-0.4, -0.2) is 10.9 Å². The Morgan fingerprint density at radius 2 is 2.21 bits per heavy atom. The van der Waals surface area contributed by atoms with Crippen LogP contribution >= 0.6 is 0 Å². The molecule has 2 rings (SSSR count). The molecule has 0 radical (unpaired) electrons. The van der Waals surface area contributed by atoms with Crippen LogP contribution in [0.15, 0.2) is 30.5 Å². The predicted octanol–water partition coefficient (Wildman–Crippen LogP) is 1.64. The number of amides is 1. The summed E-state index contributed by atoms with van der Waals surface area (Å²) in [7, 11) is 0. The number of nitrogens with zero attached hydrogens (tertiary/aromatic N) is 1. The topological polar surface area (TPSA) is 56.0 Å². The molecule has 0 saturated carbocycles. The second-order valence-electron chi connectivity index (χ2n) is 3.25. The van der Waals surface area contributed by atoms with Crippen molar-refractivity contribution >= 4 is 16.8 Å². The number of hydrogen-bond donors (Lipinski definition) is 1. The number of carbonyl (C=O) groups is 1. The number of carbonyl (C=O) groups excluding carboxylic acids is 1. The number of hydrogen-bond acceptors (Lipinski definition) is 2. The lowest BCUT2D eigenvalue weighted by molar-refractivity contribution is 0.100. The maximum absolute atomic E-state index is 11.1. The van der Waals surface area contributed by atoms with Gasteiger partial charge in [0.25, 0.3) is 5.91 Å². The summed E-state index contributed by atoms with van der Waals surface area (Å²) >= 11 is 0. The molecule has 0 fully saturated rings. The van der Waals surface area contributed by atoms with E-state index in [0.29, 0.717) is 11.1 Å². The van der Waals surface area contributed by atoms with Crippen molar-refractivity contribution in [1.82, 2.24) is 4.98 Å². The first-order chi connectivity index (χ1) is 6.68. The molecule has 0 saturated heterocycles. The Morgan fingerprint density at radius 3 is 2.93 bits per heavy atom. The second-order valence-corrected chi connectivity index (χ2v) is 3.25. The van der Waals surface area contributed by atoms with Crippen molar-refractivity contribution in [2.24, 2.45) is 5.73 Å². The molecule has 70 valence electrons. The fourth-order valence-corrected chi connectivity index (χ4v) is 1.53. The summed E-state index contributed by atoms with van der Waals surface area (Å²) in [6, 6.07) is 7.50. The van der Waals surface area contributed by atoms with Gasteiger partial charge in [0, 0.05) is 11.6 Å². The van der Waals surface area contributed by atoms with E-state index < -0.39 is 5.91 Å². The first-order valence-corrected chi connectivity index (χ1v) is 4.33. The van der Waals surface area contributed by atoms with Gasteiger partial charge < -0.3 is 5.73 Å². The summed E-state index contributed by atoms with van der Waals surface area (Å²) in [4.78, 5) is 15.3. The van der Waals surface area contributed by atoms with Gasteiger partial charge in [-0.05, 0) is 30.7 Å². The first kappa shape index (κ1) is 8.69. The van der Waals surface area contributed by atoms with E-state index >= 15 is 0 Å². The minimum Gasteiger partial charge on any atom is -0.366 e. The Morgan fingerprint density at radius 1 is 1.43 bits per heavy atom. The van der Waals surface area contributed by atoms with Crippen molar-refractivity contribution in [3.63, 3.8) is 0 Å². The Bertz CT molecular complexity index is 506. The Balaban J connectivity index is 2.87. The highest BCUT2D eigenvalue weighted by Crippen LogP contribution is 2.17. The van der Waals surface area contributed by atoms with Gasteiger partial charge in [0.15, 0.2) is 0 Å². The van der Waals surface area contributed by atoms with E-state index in [0.717, 1.165) is 10.9 Å². The van der Waals surface area contributed by atoms with Gasteiger partial charge in [-0.2, -0.15) is 0 Å². The Hall–Kier alpha value is -1.90. The van der Waals surface area contributed by atoms with Crippen LogP contribution in [0.25, 0.3) is 10.9 Å². The molecule has 0 aliphatic carbocycles. The number of nitrogens with two attached hydrogens (primary N) is 1. The highest BCUT2D eigenvalue weighted by Gasteiger charge is 2.07. The number of pyridine rings is 1. The van der Waals surface area contributed by atoms with Crippen molar-refractivity contribution in [2.75, 3.05) is 0 Å². The van der Waals surface area contributed by atoms with E-state index in [1.807, 2.05) is 25.1 Å². The quantitative estimate of drug-likeness (QED) is 0.736. The standard InChI is InChI=1S/C11H10N2O/c1-7-5-8-3-2-4-13-10(8)9(6-7)11(12)14/h2-6H,1H3,(H2,12,14). The van der Waals surface area contributed by atoms with E-state index in [1.54, 1.807) is 12.3 Å². The average molecular weight is 186 g/mol. The molecule has 1 aromatic carbocycles. The van der Waals surface area contributed by atoms with Gasteiger partial charge >= 0.3 is 0 Å². The zero-order valence-corrected chi connectivity index (χ0v) is 7.82. The third kappa shape index (κ3) is 1.33. The SMILES string of the molecule is Cc1cc(C(N)=O)c2ncccc2c1. The zero-order chi connectivity index (χ0) is 10.1. The molecule has 3 nitrogen and oxygen atoms in total. The van der Waals surface area contributed by atoms with Crippen LogP contribution in [0.2, 0.25) is 0 Å². The Labute approximate surface area is 81.6 Å². The number of aryl methyl sites for hydroxylation is 1. The number of primary amides is 1. The average Bonchev–Trinajstić information content (AvgIpc) is 2.16. The third-order valence-corrected chi connectivity index (χ3v) is 2.11. The minimum atomic E-state index is -0.433. The lowest BCUT2D eigenvalue weighted by Crippen LogP contribution is -2.12. The van der Waals surface area contributed by atoms with Crippen molar-refractivity contribution < 1.29 is 4.79 Å². The van der Waals surface area contributed by atoms with Gasteiger partial charge in [0.05, 0.1) is 11.1 Å².